The van der Waals surface area contributed by atoms with Crippen molar-refractivity contribution in [1.29, 1.82) is 0 Å². The Hall–Kier alpha value is -1.87. The Morgan fingerprint density at radius 2 is 1.83 bits per heavy atom. The number of rotatable bonds is 5. The van der Waals surface area contributed by atoms with Crippen LogP contribution in [-0.2, 0) is 11.3 Å². The lowest BCUT2D eigenvalue weighted by molar-refractivity contribution is 0.0250. The van der Waals surface area contributed by atoms with Crippen LogP contribution >= 0.6 is 0 Å². The van der Waals surface area contributed by atoms with E-state index < -0.39 is 0 Å². The van der Waals surface area contributed by atoms with E-state index in [2.05, 4.69) is 60.1 Å². The average Bonchev–Trinajstić information content (AvgIpc) is 2.61. The summed E-state index contributed by atoms with van der Waals surface area (Å²) in [5.41, 5.74) is 2.55. The summed E-state index contributed by atoms with van der Waals surface area (Å²) >= 11 is 0. The molecule has 3 heteroatoms. The maximum absolute atomic E-state index is 6.06. The molecule has 0 bridgehead atoms. The molecule has 1 aliphatic rings. The van der Waals surface area contributed by atoms with Crippen molar-refractivity contribution in [1.82, 2.24) is 4.98 Å². The van der Waals surface area contributed by atoms with Crippen molar-refractivity contribution >= 4 is 5.82 Å². The largest absolute Gasteiger partial charge is 0.373 e. The zero-order valence-electron chi connectivity index (χ0n) is 14.1. The summed E-state index contributed by atoms with van der Waals surface area (Å²) in [5, 5.41) is 0. The van der Waals surface area contributed by atoms with E-state index in [0.717, 1.165) is 31.7 Å². The molecule has 23 heavy (non-hydrogen) atoms. The van der Waals surface area contributed by atoms with E-state index >= 15 is 0 Å². The highest BCUT2D eigenvalue weighted by atomic mass is 16.5. The summed E-state index contributed by atoms with van der Waals surface area (Å²) in [6.07, 6.45) is 4.51. The fourth-order valence-corrected chi connectivity index (χ4v) is 2.97. The summed E-state index contributed by atoms with van der Waals surface area (Å²) in [5.74, 6) is 1.63. The van der Waals surface area contributed by atoms with Crippen LogP contribution in [0.4, 0.5) is 5.82 Å². The molecule has 1 aliphatic heterocycles. The lowest BCUT2D eigenvalue weighted by atomic mass is 10.1. The second-order valence-electron chi connectivity index (χ2n) is 6.59. The van der Waals surface area contributed by atoms with Crippen LogP contribution in [0.2, 0.25) is 0 Å². The van der Waals surface area contributed by atoms with Crippen molar-refractivity contribution < 1.29 is 4.74 Å². The van der Waals surface area contributed by atoms with E-state index in [1.54, 1.807) is 0 Å². The Kier molecular flexibility index (Phi) is 5.29. The quantitative estimate of drug-likeness (QED) is 0.819. The normalized spacial score (nSPS) is 16.0. The number of pyridine rings is 1. The molecule has 1 fully saturated rings. The Balaban J connectivity index is 1.48. The number of aromatic nitrogens is 1. The molecule has 0 spiro atoms. The molecule has 1 aromatic heterocycles. The fraction of sp³-hybridized carbons (Fsp3) is 0.450. The Morgan fingerprint density at radius 3 is 2.43 bits per heavy atom. The van der Waals surface area contributed by atoms with Crippen LogP contribution in [0.1, 0.15) is 43.7 Å². The Bertz CT molecular complexity index is 587. The molecule has 0 radical (unpaired) electrons. The van der Waals surface area contributed by atoms with Crippen LogP contribution in [0, 0.1) is 0 Å². The summed E-state index contributed by atoms with van der Waals surface area (Å²) in [4.78, 5) is 6.99. The highest BCUT2D eigenvalue weighted by Gasteiger charge is 2.20. The number of anilines is 1. The maximum Gasteiger partial charge on any atom is 0.128 e. The molecule has 3 nitrogen and oxygen atoms in total. The molecule has 0 unspecified atom stereocenters. The first-order valence-corrected chi connectivity index (χ1v) is 8.59. The van der Waals surface area contributed by atoms with E-state index in [1.165, 1.54) is 11.1 Å². The molecule has 0 amide bonds. The van der Waals surface area contributed by atoms with E-state index in [1.807, 2.05) is 12.3 Å². The molecule has 3 rings (SSSR count). The summed E-state index contributed by atoms with van der Waals surface area (Å²) < 4.78 is 6.06. The van der Waals surface area contributed by atoms with Gasteiger partial charge in [0, 0.05) is 19.3 Å². The van der Waals surface area contributed by atoms with Gasteiger partial charge < -0.3 is 9.64 Å². The molecule has 1 aromatic carbocycles. The first kappa shape index (κ1) is 16.0. The van der Waals surface area contributed by atoms with E-state index in [9.17, 15) is 0 Å². The lowest BCUT2D eigenvalue weighted by Crippen LogP contribution is -2.37. The zero-order valence-corrected chi connectivity index (χ0v) is 14.1. The first-order chi connectivity index (χ1) is 11.2. The lowest BCUT2D eigenvalue weighted by Gasteiger charge is -2.32. The number of benzene rings is 1. The number of ether oxygens (including phenoxy) is 1. The minimum absolute atomic E-state index is 0.362. The zero-order chi connectivity index (χ0) is 16.1. The second kappa shape index (κ2) is 7.60. The molecular formula is C20H26N2O. The number of nitrogens with zero attached hydrogens (tertiary/aromatic N) is 2. The third-order valence-corrected chi connectivity index (χ3v) is 4.53. The van der Waals surface area contributed by atoms with Gasteiger partial charge in [-0.25, -0.2) is 4.98 Å². The van der Waals surface area contributed by atoms with Crippen molar-refractivity contribution in [3.8, 4) is 0 Å². The van der Waals surface area contributed by atoms with Crippen LogP contribution in [0.15, 0.2) is 48.7 Å². The van der Waals surface area contributed by atoms with Crippen molar-refractivity contribution in [2.24, 2.45) is 0 Å². The Labute approximate surface area is 139 Å². The van der Waals surface area contributed by atoms with Gasteiger partial charge in [0.05, 0.1) is 12.7 Å². The van der Waals surface area contributed by atoms with Crippen molar-refractivity contribution in [3.05, 3.63) is 59.8 Å². The Morgan fingerprint density at radius 1 is 1.09 bits per heavy atom. The van der Waals surface area contributed by atoms with Crippen LogP contribution < -0.4 is 4.90 Å². The molecule has 2 aromatic rings. The van der Waals surface area contributed by atoms with Gasteiger partial charge in [-0.1, -0.05) is 50.2 Å². The SMILES string of the molecule is CC(C)c1ccc(N2CCC(OCc3ccccc3)CC2)nc1. The van der Waals surface area contributed by atoms with Gasteiger partial charge in [-0.05, 0) is 36.0 Å². The summed E-state index contributed by atoms with van der Waals surface area (Å²) in [6.45, 7) is 7.16. The highest BCUT2D eigenvalue weighted by molar-refractivity contribution is 5.40. The van der Waals surface area contributed by atoms with Gasteiger partial charge in [-0.15, -0.1) is 0 Å². The minimum Gasteiger partial charge on any atom is -0.373 e. The monoisotopic (exact) mass is 310 g/mol. The minimum atomic E-state index is 0.362. The number of hydrogen-bond donors (Lipinski definition) is 0. The second-order valence-corrected chi connectivity index (χ2v) is 6.59. The van der Waals surface area contributed by atoms with E-state index in [0.29, 0.717) is 18.6 Å². The van der Waals surface area contributed by atoms with Crippen LogP contribution in [0.5, 0.6) is 0 Å². The van der Waals surface area contributed by atoms with Crippen LogP contribution in [0.3, 0.4) is 0 Å². The molecule has 0 aliphatic carbocycles. The summed E-state index contributed by atoms with van der Waals surface area (Å²) in [6, 6.07) is 14.8. The first-order valence-electron chi connectivity index (χ1n) is 8.59. The van der Waals surface area contributed by atoms with E-state index in [-0.39, 0.29) is 0 Å². The number of piperidine rings is 1. The standard InChI is InChI=1S/C20H26N2O/c1-16(2)18-8-9-20(21-14-18)22-12-10-19(11-13-22)23-15-17-6-4-3-5-7-17/h3-9,14,16,19H,10-13,15H2,1-2H3. The van der Waals surface area contributed by atoms with E-state index in [4.69, 9.17) is 4.74 Å². The molecule has 1 saturated heterocycles. The maximum atomic E-state index is 6.06. The molecule has 2 heterocycles. The molecule has 122 valence electrons. The van der Waals surface area contributed by atoms with Crippen LogP contribution in [-0.4, -0.2) is 24.2 Å². The molecule has 0 N–H and O–H groups in total. The smallest absolute Gasteiger partial charge is 0.128 e. The predicted octanol–water partition coefficient (Wildman–Crippen LogP) is 4.39. The van der Waals surface area contributed by atoms with Gasteiger partial charge in [0.25, 0.3) is 0 Å². The summed E-state index contributed by atoms with van der Waals surface area (Å²) in [7, 11) is 0. The highest BCUT2D eigenvalue weighted by Crippen LogP contribution is 2.22. The predicted molar refractivity (Wildman–Crippen MR) is 94.8 cm³/mol. The van der Waals surface area contributed by atoms with Gasteiger partial charge in [-0.3, -0.25) is 0 Å². The topological polar surface area (TPSA) is 25.4 Å². The molecule has 0 atom stereocenters. The van der Waals surface area contributed by atoms with Gasteiger partial charge in [0.2, 0.25) is 0 Å². The fourth-order valence-electron chi connectivity index (χ4n) is 2.97. The van der Waals surface area contributed by atoms with Crippen molar-refractivity contribution in [2.45, 2.75) is 45.3 Å². The third kappa shape index (κ3) is 4.32. The number of hydrogen-bond acceptors (Lipinski definition) is 3. The van der Waals surface area contributed by atoms with Crippen molar-refractivity contribution in [2.75, 3.05) is 18.0 Å². The van der Waals surface area contributed by atoms with Crippen LogP contribution in [0.25, 0.3) is 0 Å². The molecular weight excluding hydrogens is 284 g/mol. The average molecular weight is 310 g/mol. The third-order valence-electron chi connectivity index (χ3n) is 4.53. The van der Waals surface area contributed by atoms with Gasteiger partial charge >= 0.3 is 0 Å². The van der Waals surface area contributed by atoms with Gasteiger partial charge in [0.15, 0.2) is 0 Å². The van der Waals surface area contributed by atoms with Gasteiger partial charge in [-0.2, -0.15) is 0 Å². The van der Waals surface area contributed by atoms with Crippen molar-refractivity contribution in [3.63, 3.8) is 0 Å². The van der Waals surface area contributed by atoms with Gasteiger partial charge in [0.1, 0.15) is 5.82 Å². The molecule has 0 saturated carbocycles.